The standard InChI is InChI=1S/C20H19N7O/c1-27-12-16(10-24-27)25-20-23-11-17(18(21)28)19(26-20)22-9-13-6-7-14-4-2-3-5-15(14)8-13/h2-8,10-12H,9H2,1H3,(H2,21,28)(H2,22,23,25,26). The van der Waals surface area contributed by atoms with Crippen LogP contribution in [-0.2, 0) is 13.6 Å². The van der Waals surface area contributed by atoms with Crippen LogP contribution >= 0.6 is 0 Å². The van der Waals surface area contributed by atoms with Crippen LogP contribution in [0.5, 0.6) is 0 Å². The van der Waals surface area contributed by atoms with Crippen LogP contribution in [0.2, 0.25) is 0 Å². The van der Waals surface area contributed by atoms with Crippen molar-refractivity contribution in [3.8, 4) is 0 Å². The lowest BCUT2D eigenvalue weighted by atomic mass is 10.1. The summed E-state index contributed by atoms with van der Waals surface area (Å²) in [6.45, 7) is 0.495. The van der Waals surface area contributed by atoms with E-state index < -0.39 is 5.91 Å². The normalized spacial score (nSPS) is 10.8. The number of aryl methyl sites for hydroxylation is 1. The van der Waals surface area contributed by atoms with Crippen molar-refractivity contribution in [2.24, 2.45) is 12.8 Å². The number of fused-ring (bicyclic) bond motifs is 1. The van der Waals surface area contributed by atoms with Gasteiger partial charge in [-0.05, 0) is 22.4 Å². The number of amides is 1. The fourth-order valence-corrected chi connectivity index (χ4v) is 2.91. The van der Waals surface area contributed by atoms with Gasteiger partial charge in [0.1, 0.15) is 5.82 Å². The topological polar surface area (TPSA) is 111 Å². The lowest BCUT2D eigenvalue weighted by Gasteiger charge is -2.11. The summed E-state index contributed by atoms with van der Waals surface area (Å²) in [6, 6.07) is 14.4. The number of nitrogens with zero attached hydrogens (tertiary/aromatic N) is 4. The summed E-state index contributed by atoms with van der Waals surface area (Å²) in [6.07, 6.45) is 4.87. The number of anilines is 3. The quantitative estimate of drug-likeness (QED) is 0.479. The van der Waals surface area contributed by atoms with E-state index in [1.54, 1.807) is 17.1 Å². The van der Waals surface area contributed by atoms with Crippen LogP contribution in [0, 0.1) is 0 Å². The first-order valence-corrected chi connectivity index (χ1v) is 8.72. The van der Waals surface area contributed by atoms with Crippen LogP contribution in [0.25, 0.3) is 10.8 Å². The zero-order valence-corrected chi connectivity index (χ0v) is 15.3. The molecule has 8 heteroatoms. The van der Waals surface area contributed by atoms with Gasteiger partial charge in [-0.25, -0.2) is 4.98 Å². The van der Waals surface area contributed by atoms with Gasteiger partial charge in [0.15, 0.2) is 0 Å². The van der Waals surface area contributed by atoms with Crippen molar-refractivity contribution >= 4 is 34.1 Å². The van der Waals surface area contributed by atoms with Crippen LogP contribution in [0.3, 0.4) is 0 Å². The molecule has 8 nitrogen and oxygen atoms in total. The van der Waals surface area contributed by atoms with Crippen molar-refractivity contribution in [1.29, 1.82) is 0 Å². The highest BCUT2D eigenvalue weighted by atomic mass is 16.1. The van der Waals surface area contributed by atoms with Crippen LogP contribution in [0.4, 0.5) is 17.5 Å². The molecule has 0 fully saturated rings. The van der Waals surface area contributed by atoms with Crippen LogP contribution in [0.1, 0.15) is 15.9 Å². The van der Waals surface area contributed by atoms with Crippen LogP contribution in [0.15, 0.2) is 61.1 Å². The van der Waals surface area contributed by atoms with E-state index in [4.69, 9.17) is 5.73 Å². The number of carbonyl (C=O) groups is 1. The van der Waals surface area contributed by atoms with Crippen molar-refractivity contribution in [2.45, 2.75) is 6.54 Å². The molecule has 140 valence electrons. The van der Waals surface area contributed by atoms with E-state index in [1.165, 1.54) is 11.6 Å². The van der Waals surface area contributed by atoms with E-state index in [-0.39, 0.29) is 5.56 Å². The first-order valence-electron chi connectivity index (χ1n) is 8.72. The molecule has 0 saturated heterocycles. The number of carbonyl (C=O) groups excluding carboxylic acids is 1. The summed E-state index contributed by atoms with van der Waals surface area (Å²) in [5.74, 6) is 0.134. The van der Waals surface area contributed by atoms with Crippen LogP contribution in [-0.4, -0.2) is 25.7 Å². The van der Waals surface area contributed by atoms with Gasteiger partial charge in [0.25, 0.3) is 5.91 Å². The Labute approximate surface area is 161 Å². The maximum absolute atomic E-state index is 11.7. The lowest BCUT2D eigenvalue weighted by molar-refractivity contribution is 0.100. The van der Waals surface area contributed by atoms with E-state index in [2.05, 4.69) is 50.0 Å². The number of aromatic nitrogens is 4. The molecule has 0 aliphatic carbocycles. The van der Waals surface area contributed by atoms with Crippen molar-refractivity contribution in [2.75, 3.05) is 10.6 Å². The highest BCUT2D eigenvalue weighted by Crippen LogP contribution is 2.19. The SMILES string of the molecule is Cn1cc(Nc2ncc(C(N)=O)c(NCc3ccc4ccccc4c3)n2)cn1. The fourth-order valence-electron chi connectivity index (χ4n) is 2.91. The molecule has 4 rings (SSSR count). The first-order chi connectivity index (χ1) is 13.6. The minimum Gasteiger partial charge on any atom is -0.365 e. The molecule has 0 saturated carbocycles. The number of hydrogen-bond acceptors (Lipinski definition) is 6. The van der Waals surface area contributed by atoms with Gasteiger partial charge >= 0.3 is 0 Å². The molecule has 2 aromatic heterocycles. The monoisotopic (exact) mass is 373 g/mol. The Morgan fingerprint density at radius 3 is 2.71 bits per heavy atom. The second kappa shape index (κ2) is 7.36. The van der Waals surface area contributed by atoms with Gasteiger partial charge in [-0.3, -0.25) is 9.48 Å². The Hall–Kier alpha value is -3.94. The Morgan fingerprint density at radius 2 is 1.96 bits per heavy atom. The molecular formula is C20H19N7O. The van der Waals surface area contributed by atoms with Crippen molar-refractivity contribution in [3.63, 3.8) is 0 Å². The largest absolute Gasteiger partial charge is 0.365 e. The van der Waals surface area contributed by atoms with E-state index in [1.807, 2.05) is 25.2 Å². The van der Waals surface area contributed by atoms with Gasteiger partial charge in [-0.1, -0.05) is 36.4 Å². The Balaban J connectivity index is 1.57. The van der Waals surface area contributed by atoms with Gasteiger partial charge in [0.2, 0.25) is 5.95 Å². The van der Waals surface area contributed by atoms with Gasteiger partial charge in [-0.2, -0.15) is 10.1 Å². The number of hydrogen-bond donors (Lipinski definition) is 3. The van der Waals surface area contributed by atoms with Crippen molar-refractivity contribution in [3.05, 3.63) is 72.2 Å². The molecule has 0 aliphatic heterocycles. The molecular weight excluding hydrogens is 354 g/mol. The summed E-state index contributed by atoms with van der Waals surface area (Å²) in [4.78, 5) is 20.3. The van der Waals surface area contributed by atoms with E-state index >= 15 is 0 Å². The molecule has 1 amide bonds. The van der Waals surface area contributed by atoms with E-state index in [0.717, 1.165) is 16.6 Å². The molecule has 4 N–H and O–H groups in total. The number of nitrogens with one attached hydrogen (secondary N) is 2. The molecule has 4 aromatic rings. The van der Waals surface area contributed by atoms with E-state index in [0.29, 0.717) is 18.3 Å². The maximum atomic E-state index is 11.7. The van der Waals surface area contributed by atoms with Gasteiger partial charge in [-0.15, -0.1) is 0 Å². The third-order valence-corrected chi connectivity index (χ3v) is 4.29. The molecule has 2 heterocycles. The summed E-state index contributed by atoms with van der Waals surface area (Å²) in [5, 5.41) is 12.7. The molecule has 0 aliphatic rings. The molecule has 0 spiro atoms. The third-order valence-electron chi connectivity index (χ3n) is 4.29. The number of primary amides is 1. The highest BCUT2D eigenvalue weighted by Gasteiger charge is 2.12. The predicted octanol–water partition coefficient (Wildman–Crippen LogP) is 2.82. The summed E-state index contributed by atoms with van der Waals surface area (Å²) < 4.78 is 1.67. The Morgan fingerprint density at radius 1 is 1.14 bits per heavy atom. The number of benzene rings is 2. The average Bonchev–Trinajstić information content (AvgIpc) is 3.10. The third kappa shape index (κ3) is 3.75. The highest BCUT2D eigenvalue weighted by molar-refractivity contribution is 5.97. The molecule has 2 aromatic carbocycles. The second-order valence-corrected chi connectivity index (χ2v) is 6.38. The van der Waals surface area contributed by atoms with Crippen molar-refractivity contribution in [1.82, 2.24) is 19.7 Å². The Kier molecular flexibility index (Phi) is 4.59. The lowest BCUT2D eigenvalue weighted by Crippen LogP contribution is -2.17. The zero-order valence-electron chi connectivity index (χ0n) is 15.3. The Bertz CT molecular complexity index is 1150. The molecule has 28 heavy (non-hydrogen) atoms. The molecule has 0 unspecified atom stereocenters. The van der Waals surface area contributed by atoms with Gasteiger partial charge in [0, 0.05) is 26.0 Å². The minimum atomic E-state index is -0.589. The number of nitrogens with two attached hydrogens (primary N) is 1. The average molecular weight is 373 g/mol. The van der Waals surface area contributed by atoms with Gasteiger partial charge < -0.3 is 16.4 Å². The first kappa shape index (κ1) is 17.5. The molecule has 0 bridgehead atoms. The van der Waals surface area contributed by atoms with Crippen molar-refractivity contribution < 1.29 is 4.79 Å². The summed E-state index contributed by atoms with van der Waals surface area (Å²) >= 11 is 0. The molecule has 0 atom stereocenters. The minimum absolute atomic E-state index is 0.234. The maximum Gasteiger partial charge on any atom is 0.254 e. The van der Waals surface area contributed by atoms with Crippen LogP contribution < -0.4 is 16.4 Å². The van der Waals surface area contributed by atoms with E-state index in [9.17, 15) is 4.79 Å². The molecule has 0 radical (unpaired) electrons. The fraction of sp³-hybridized carbons (Fsp3) is 0.100. The van der Waals surface area contributed by atoms with Gasteiger partial charge in [0.05, 0.1) is 17.4 Å². The predicted molar refractivity (Wildman–Crippen MR) is 108 cm³/mol. The summed E-state index contributed by atoms with van der Waals surface area (Å²) in [7, 11) is 1.82. The zero-order chi connectivity index (χ0) is 19.5. The summed E-state index contributed by atoms with van der Waals surface area (Å²) in [5.41, 5.74) is 7.51. The second-order valence-electron chi connectivity index (χ2n) is 6.38. The smallest absolute Gasteiger partial charge is 0.254 e. The number of rotatable bonds is 6.